The fourth-order valence-electron chi connectivity index (χ4n) is 3.37. The van der Waals surface area contributed by atoms with Crippen molar-refractivity contribution >= 4 is 23.2 Å². The summed E-state index contributed by atoms with van der Waals surface area (Å²) in [7, 11) is 0. The van der Waals surface area contributed by atoms with Crippen LogP contribution in [0, 0.1) is 12.7 Å². The summed E-state index contributed by atoms with van der Waals surface area (Å²) < 4.78 is 19.6. The number of aryl methyl sites for hydroxylation is 1. The normalized spacial score (nSPS) is 15.4. The zero-order valence-electron chi connectivity index (χ0n) is 16.7. The number of halogens is 1. The zero-order valence-corrected chi connectivity index (χ0v) is 16.7. The van der Waals surface area contributed by atoms with Gasteiger partial charge >= 0.3 is 0 Å². The molecule has 1 aliphatic heterocycles. The summed E-state index contributed by atoms with van der Waals surface area (Å²) in [5, 5.41) is 2.69. The molecule has 6 heteroatoms. The predicted molar refractivity (Wildman–Crippen MR) is 113 cm³/mol. The first-order chi connectivity index (χ1) is 14.4. The van der Waals surface area contributed by atoms with E-state index >= 15 is 0 Å². The van der Waals surface area contributed by atoms with Crippen molar-refractivity contribution in [1.82, 2.24) is 0 Å². The van der Waals surface area contributed by atoms with Crippen LogP contribution in [0.2, 0.25) is 0 Å². The fraction of sp³-hybridized carbons (Fsp3) is 0.167. The molecule has 1 atom stereocenters. The lowest BCUT2D eigenvalue weighted by Gasteiger charge is -2.33. The number of anilines is 2. The van der Waals surface area contributed by atoms with E-state index in [0.717, 1.165) is 11.1 Å². The molecule has 3 aromatic rings. The molecule has 3 aromatic carbocycles. The molecule has 0 bridgehead atoms. The summed E-state index contributed by atoms with van der Waals surface area (Å²) in [6, 6.07) is 18.8. The van der Waals surface area contributed by atoms with E-state index in [-0.39, 0.29) is 11.5 Å². The molecule has 4 rings (SSSR count). The van der Waals surface area contributed by atoms with Crippen molar-refractivity contribution in [3.05, 3.63) is 89.2 Å². The largest absolute Gasteiger partial charge is 0.479 e. The standard InChI is InChI=1S/C24H21FN2O3/c1-15-7-9-17(10-8-15)14-27-21-13-18(11-12-22(21)30-16(2)24(27)29)26-23(28)19-5-3-4-6-20(19)25/h3-13,16H,14H2,1-2H3,(H,26,28). The van der Waals surface area contributed by atoms with E-state index in [1.165, 1.54) is 18.2 Å². The van der Waals surface area contributed by atoms with Gasteiger partial charge in [-0.15, -0.1) is 0 Å². The number of carbonyl (C=O) groups excluding carboxylic acids is 2. The molecule has 0 aromatic heterocycles. The first-order valence-electron chi connectivity index (χ1n) is 9.66. The van der Waals surface area contributed by atoms with Gasteiger partial charge in [0.1, 0.15) is 11.6 Å². The van der Waals surface area contributed by atoms with E-state index in [0.29, 0.717) is 23.7 Å². The highest BCUT2D eigenvalue weighted by molar-refractivity contribution is 6.05. The summed E-state index contributed by atoms with van der Waals surface area (Å²) in [4.78, 5) is 26.9. The Bertz CT molecular complexity index is 1110. The van der Waals surface area contributed by atoms with Crippen molar-refractivity contribution in [3.63, 3.8) is 0 Å². The average molecular weight is 404 g/mol. The lowest BCUT2D eigenvalue weighted by atomic mass is 10.1. The topological polar surface area (TPSA) is 58.6 Å². The Morgan fingerprint density at radius 1 is 1.10 bits per heavy atom. The van der Waals surface area contributed by atoms with Gasteiger partial charge in [0.25, 0.3) is 11.8 Å². The number of nitrogens with one attached hydrogen (secondary N) is 1. The van der Waals surface area contributed by atoms with Crippen LogP contribution in [0.3, 0.4) is 0 Å². The number of hydrogen-bond donors (Lipinski definition) is 1. The molecule has 1 N–H and O–H groups in total. The van der Waals surface area contributed by atoms with Crippen LogP contribution in [0.5, 0.6) is 5.75 Å². The van der Waals surface area contributed by atoms with Crippen molar-refractivity contribution in [1.29, 1.82) is 0 Å². The van der Waals surface area contributed by atoms with Crippen LogP contribution in [-0.4, -0.2) is 17.9 Å². The van der Waals surface area contributed by atoms with Gasteiger partial charge in [-0.3, -0.25) is 9.59 Å². The quantitative estimate of drug-likeness (QED) is 0.686. The monoisotopic (exact) mass is 404 g/mol. The van der Waals surface area contributed by atoms with Crippen molar-refractivity contribution in [2.75, 3.05) is 10.2 Å². The van der Waals surface area contributed by atoms with Crippen molar-refractivity contribution < 1.29 is 18.7 Å². The minimum atomic E-state index is -0.609. The third-order valence-electron chi connectivity index (χ3n) is 5.00. The zero-order chi connectivity index (χ0) is 21.3. The molecule has 0 saturated heterocycles. The van der Waals surface area contributed by atoms with Crippen molar-refractivity contribution in [2.45, 2.75) is 26.5 Å². The summed E-state index contributed by atoms with van der Waals surface area (Å²) in [6.45, 7) is 4.09. The number of benzene rings is 3. The third kappa shape index (κ3) is 3.89. The second-order valence-electron chi connectivity index (χ2n) is 7.29. The van der Waals surface area contributed by atoms with E-state index in [1.807, 2.05) is 31.2 Å². The van der Waals surface area contributed by atoms with Gasteiger partial charge in [-0.05, 0) is 49.7 Å². The maximum absolute atomic E-state index is 13.9. The van der Waals surface area contributed by atoms with Gasteiger partial charge in [-0.1, -0.05) is 42.0 Å². The van der Waals surface area contributed by atoms with Gasteiger partial charge in [-0.25, -0.2) is 4.39 Å². The third-order valence-corrected chi connectivity index (χ3v) is 5.00. The molecule has 0 saturated carbocycles. The van der Waals surface area contributed by atoms with Crippen LogP contribution >= 0.6 is 0 Å². The molecule has 30 heavy (non-hydrogen) atoms. The van der Waals surface area contributed by atoms with Gasteiger partial charge in [0, 0.05) is 5.69 Å². The average Bonchev–Trinajstić information content (AvgIpc) is 2.73. The predicted octanol–water partition coefficient (Wildman–Crippen LogP) is 4.70. The van der Waals surface area contributed by atoms with Crippen LogP contribution in [0.25, 0.3) is 0 Å². The SMILES string of the molecule is Cc1ccc(CN2C(=O)C(C)Oc3ccc(NC(=O)c4ccccc4F)cc32)cc1. The number of hydrogen-bond acceptors (Lipinski definition) is 3. The first-order valence-corrected chi connectivity index (χ1v) is 9.66. The molecule has 0 fully saturated rings. The molecule has 152 valence electrons. The lowest BCUT2D eigenvalue weighted by molar-refractivity contribution is -0.125. The van der Waals surface area contributed by atoms with Gasteiger partial charge in [0.15, 0.2) is 6.10 Å². The highest BCUT2D eigenvalue weighted by Gasteiger charge is 2.32. The van der Waals surface area contributed by atoms with Crippen LogP contribution in [0.15, 0.2) is 66.7 Å². The summed E-state index contributed by atoms with van der Waals surface area (Å²) in [6.07, 6.45) is -0.609. The second-order valence-corrected chi connectivity index (χ2v) is 7.29. The van der Waals surface area contributed by atoms with Gasteiger partial charge in [0.2, 0.25) is 0 Å². The van der Waals surface area contributed by atoms with E-state index in [4.69, 9.17) is 4.74 Å². The Hall–Kier alpha value is -3.67. The van der Waals surface area contributed by atoms with Crippen LogP contribution in [-0.2, 0) is 11.3 Å². The summed E-state index contributed by atoms with van der Waals surface area (Å²) >= 11 is 0. The Labute approximate surface area is 174 Å². The highest BCUT2D eigenvalue weighted by atomic mass is 19.1. The minimum absolute atomic E-state index is 0.0484. The van der Waals surface area contributed by atoms with Crippen molar-refractivity contribution in [3.8, 4) is 5.75 Å². The van der Waals surface area contributed by atoms with Crippen LogP contribution in [0.1, 0.15) is 28.4 Å². The number of ether oxygens (including phenoxy) is 1. The van der Waals surface area contributed by atoms with E-state index in [2.05, 4.69) is 5.32 Å². The number of amides is 2. The molecule has 0 spiro atoms. The molecule has 5 nitrogen and oxygen atoms in total. The maximum Gasteiger partial charge on any atom is 0.268 e. The number of rotatable bonds is 4. The maximum atomic E-state index is 13.9. The number of fused-ring (bicyclic) bond motifs is 1. The Morgan fingerprint density at radius 3 is 2.57 bits per heavy atom. The van der Waals surface area contributed by atoms with E-state index in [9.17, 15) is 14.0 Å². The molecule has 0 aliphatic carbocycles. The van der Waals surface area contributed by atoms with E-state index < -0.39 is 17.8 Å². The Morgan fingerprint density at radius 2 is 1.83 bits per heavy atom. The smallest absolute Gasteiger partial charge is 0.268 e. The van der Waals surface area contributed by atoms with Crippen LogP contribution < -0.4 is 15.0 Å². The van der Waals surface area contributed by atoms with Gasteiger partial charge in [0.05, 0.1) is 17.8 Å². The molecule has 2 amide bonds. The lowest BCUT2D eigenvalue weighted by Crippen LogP contribution is -2.44. The Balaban J connectivity index is 1.64. The fourth-order valence-corrected chi connectivity index (χ4v) is 3.37. The molecule has 0 radical (unpaired) electrons. The molecule has 1 aliphatic rings. The van der Waals surface area contributed by atoms with Gasteiger partial charge in [-0.2, -0.15) is 0 Å². The first kappa shape index (κ1) is 19.6. The molecule has 1 unspecified atom stereocenters. The van der Waals surface area contributed by atoms with Gasteiger partial charge < -0.3 is 15.0 Å². The summed E-state index contributed by atoms with van der Waals surface area (Å²) in [5.74, 6) is -0.769. The highest BCUT2D eigenvalue weighted by Crippen LogP contribution is 2.37. The van der Waals surface area contributed by atoms with E-state index in [1.54, 1.807) is 36.1 Å². The summed E-state index contributed by atoms with van der Waals surface area (Å²) in [5.41, 5.74) is 3.08. The number of nitrogens with zero attached hydrogens (tertiary/aromatic N) is 1. The number of carbonyl (C=O) groups is 2. The molecular weight excluding hydrogens is 383 g/mol. The molecular formula is C24H21FN2O3. The Kier molecular flexibility index (Phi) is 5.23. The van der Waals surface area contributed by atoms with Crippen molar-refractivity contribution in [2.24, 2.45) is 0 Å². The second kappa shape index (κ2) is 7.99. The van der Waals surface area contributed by atoms with Crippen LogP contribution in [0.4, 0.5) is 15.8 Å². The minimum Gasteiger partial charge on any atom is -0.479 e. The molecule has 1 heterocycles.